The number of carboxylic acid groups (broad SMARTS) is 1. The molecule has 80 valence electrons. The van der Waals surface area contributed by atoms with Gasteiger partial charge in [-0.05, 0) is 6.07 Å². The summed E-state index contributed by atoms with van der Waals surface area (Å²) in [4.78, 5) is 20.4. The van der Waals surface area contributed by atoms with Crippen molar-refractivity contribution in [1.82, 2.24) is 0 Å². The number of rotatable bonds is 3. The van der Waals surface area contributed by atoms with Crippen molar-refractivity contribution in [1.29, 1.82) is 0 Å². The van der Waals surface area contributed by atoms with Crippen LogP contribution in [0, 0.1) is 10.1 Å². The van der Waals surface area contributed by atoms with Gasteiger partial charge in [0.05, 0.1) is 4.92 Å². The van der Waals surface area contributed by atoms with Gasteiger partial charge in [-0.25, -0.2) is 0 Å². The monoisotopic (exact) mass is 230 g/mol. The van der Waals surface area contributed by atoms with Crippen LogP contribution < -0.4 is 5.73 Å². The Labute approximate surface area is 89.4 Å². The van der Waals surface area contributed by atoms with E-state index < -0.39 is 16.9 Å². The molecule has 0 aliphatic rings. The maximum Gasteiger partial charge on any atom is 0.325 e. The molecule has 0 radical (unpaired) electrons. The number of halogens is 1. The molecule has 1 aromatic rings. The van der Waals surface area contributed by atoms with Crippen LogP contribution in [0.25, 0.3) is 0 Å². The SMILES string of the molecule is N[C@H](C(=O)O)c1cc([N+](=O)[O-])ccc1Cl. The van der Waals surface area contributed by atoms with E-state index in [2.05, 4.69) is 0 Å². The van der Waals surface area contributed by atoms with Crippen LogP contribution in [-0.2, 0) is 4.79 Å². The van der Waals surface area contributed by atoms with Gasteiger partial charge in [0.15, 0.2) is 0 Å². The van der Waals surface area contributed by atoms with Gasteiger partial charge < -0.3 is 10.8 Å². The summed E-state index contributed by atoms with van der Waals surface area (Å²) in [6.07, 6.45) is 0. The Morgan fingerprint density at radius 1 is 1.60 bits per heavy atom. The van der Waals surface area contributed by atoms with Crippen LogP contribution in [0.2, 0.25) is 5.02 Å². The van der Waals surface area contributed by atoms with Gasteiger partial charge >= 0.3 is 5.97 Å². The summed E-state index contributed by atoms with van der Waals surface area (Å²) in [5, 5.41) is 19.2. The molecule has 6 nitrogen and oxygen atoms in total. The molecule has 0 heterocycles. The molecule has 0 saturated carbocycles. The van der Waals surface area contributed by atoms with Crippen LogP contribution in [0.4, 0.5) is 5.69 Å². The fourth-order valence-electron chi connectivity index (χ4n) is 1.02. The number of aliphatic carboxylic acids is 1. The number of hydrogen-bond donors (Lipinski definition) is 2. The summed E-state index contributed by atoms with van der Waals surface area (Å²) < 4.78 is 0. The highest BCUT2D eigenvalue weighted by atomic mass is 35.5. The van der Waals surface area contributed by atoms with Crippen molar-refractivity contribution in [2.45, 2.75) is 6.04 Å². The Kier molecular flexibility index (Phi) is 3.23. The smallest absolute Gasteiger partial charge is 0.325 e. The normalized spacial score (nSPS) is 12.1. The van der Waals surface area contributed by atoms with E-state index >= 15 is 0 Å². The topological polar surface area (TPSA) is 106 Å². The third-order valence-corrected chi connectivity index (χ3v) is 2.14. The lowest BCUT2D eigenvalue weighted by molar-refractivity contribution is -0.384. The van der Waals surface area contributed by atoms with Crippen molar-refractivity contribution in [3.63, 3.8) is 0 Å². The summed E-state index contributed by atoms with van der Waals surface area (Å²) in [6.45, 7) is 0. The number of benzene rings is 1. The molecular formula is C8H7ClN2O4. The number of carbonyl (C=O) groups is 1. The third kappa shape index (κ3) is 2.42. The van der Waals surface area contributed by atoms with Gasteiger partial charge in [0.2, 0.25) is 0 Å². The Hall–Kier alpha value is -1.66. The molecular weight excluding hydrogens is 224 g/mol. The van der Waals surface area contributed by atoms with E-state index in [1.54, 1.807) is 0 Å². The first-order valence-electron chi connectivity index (χ1n) is 3.85. The van der Waals surface area contributed by atoms with Crippen molar-refractivity contribution >= 4 is 23.3 Å². The molecule has 0 unspecified atom stereocenters. The molecule has 7 heteroatoms. The maximum atomic E-state index is 10.6. The molecule has 0 aliphatic heterocycles. The molecule has 1 atom stereocenters. The maximum absolute atomic E-state index is 10.6. The van der Waals surface area contributed by atoms with E-state index in [0.717, 1.165) is 6.07 Å². The van der Waals surface area contributed by atoms with Gasteiger partial charge in [0, 0.05) is 22.7 Å². The van der Waals surface area contributed by atoms with E-state index in [0.29, 0.717) is 0 Å². The number of non-ortho nitro benzene ring substituents is 1. The quantitative estimate of drug-likeness (QED) is 0.602. The number of nitro groups is 1. The lowest BCUT2D eigenvalue weighted by atomic mass is 10.1. The van der Waals surface area contributed by atoms with Crippen molar-refractivity contribution in [2.24, 2.45) is 5.73 Å². The summed E-state index contributed by atoms with van der Waals surface area (Å²) in [6, 6.07) is 2.12. The Bertz CT molecular complexity index is 421. The van der Waals surface area contributed by atoms with Gasteiger partial charge in [-0.1, -0.05) is 11.6 Å². The van der Waals surface area contributed by atoms with E-state index in [1.807, 2.05) is 0 Å². The van der Waals surface area contributed by atoms with Crippen LogP contribution in [-0.4, -0.2) is 16.0 Å². The van der Waals surface area contributed by atoms with Gasteiger partial charge in [0.25, 0.3) is 5.69 Å². The Morgan fingerprint density at radius 3 is 2.67 bits per heavy atom. The molecule has 0 spiro atoms. The first-order chi connectivity index (χ1) is 6.93. The summed E-state index contributed by atoms with van der Waals surface area (Å²) in [7, 11) is 0. The summed E-state index contributed by atoms with van der Waals surface area (Å²) in [5.41, 5.74) is 5.08. The minimum absolute atomic E-state index is 0.0263. The number of nitro benzene ring substituents is 1. The minimum Gasteiger partial charge on any atom is -0.480 e. The van der Waals surface area contributed by atoms with Crippen molar-refractivity contribution in [3.8, 4) is 0 Å². The minimum atomic E-state index is -1.36. The van der Waals surface area contributed by atoms with E-state index in [1.165, 1.54) is 12.1 Å². The summed E-state index contributed by atoms with van der Waals surface area (Å²) in [5.74, 6) is -1.29. The van der Waals surface area contributed by atoms with Crippen LogP contribution >= 0.6 is 11.6 Å². The highest BCUT2D eigenvalue weighted by Gasteiger charge is 2.20. The van der Waals surface area contributed by atoms with Crippen LogP contribution in [0.1, 0.15) is 11.6 Å². The molecule has 0 bridgehead atoms. The number of hydrogen-bond acceptors (Lipinski definition) is 4. The lowest BCUT2D eigenvalue weighted by Crippen LogP contribution is -2.21. The van der Waals surface area contributed by atoms with Gasteiger partial charge in [-0.15, -0.1) is 0 Å². The van der Waals surface area contributed by atoms with Crippen LogP contribution in [0.3, 0.4) is 0 Å². The van der Waals surface area contributed by atoms with Gasteiger partial charge in [-0.3, -0.25) is 14.9 Å². The molecule has 0 saturated heterocycles. The molecule has 0 amide bonds. The predicted octanol–water partition coefficient (Wildman–Crippen LogP) is 1.33. The highest BCUT2D eigenvalue weighted by Crippen LogP contribution is 2.26. The van der Waals surface area contributed by atoms with E-state index in [4.69, 9.17) is 22.4 Å². The highest BCUT2D eigenvalue weighted by molar-refractivity contribution is 6.31. The largest absolute Gasteiger partial charge is 0.480 e. The summed E-state index contributed by atoms with van der Waals surface area (Å²) >= 11 is 5.67. The Balaban J connectivity index is 3.22. The first-order valence-corrected chi connectivity index (χ1v) is 4.23. The van der Waals surface area contributed by atoms with E-state index in [9.17, 15) is 14.9 Å². The third-order valence-electron chi connectivity index (χ3n) is 1.79. The molecule has 15 heavy (non-hydrogen) atoms. The zero-order valence-corrected chi connectivity index (χ0v) is 8.14. The van der Waals surface area contributed by atoms with E-state index in [-0.39, 0.29) is 16.3 Å². The van der Waals surface area contributed by atoms with Crippen LogP contribution in [0.15, 0.2) is 18.2 Å². The second-order valence-electron chi connectivity index (χ2n) is 2.78. The zero-order valence-electron chi connectivity index (χ0n) is 7.38. The second-order valence-corrected chi connectivity index (χ2v) is 3.19. The van der Waals surface area contributed by atoms with Crippen LogP contribution in [0.5, 0.6) is 0 Å². The molecule has 0 aromatic heterocycles. The van der Waals surface area contributed by atoms with Crippen molar-refractivity contribution < 1.29 is 14.8 Å². The molecule has 0 aliphatic carbocycles. The van der Waals surface area contributed by atoms with Crippen molar-refractivity contribution in [3.05, 3.63) is 38.9 Å². The lowest BCUT2D eigenvalue weighted by Gasteiger charge is -2.08. The average Bonchev–Trinajstić information content (AvgIpc) is 2.16. The predicted molar refractivity (Wildman–Crippen MR) is 52.7 cm³/mol. The molecule has 1 rings (SSSR count). The van der Waals surface area contributed by atoms with Gasteiger partial charge in [-0.2, -0.15) is 0 Å². The van der Waals surface area contributed by atoms with Crippen molar-refractivity contribution in [2.75, 3.05) is 0 Å². The zero-order chi connectivity index (χ0) is 11.6. The molecule has 0 fully saturated rings. The second kappa shape index (κ2) is 4.24. The number of nitrogens with zero attached hydrogens (tertiary/aromatic N) is 1. The number of carboxylic acids is 1. The Morgan fingerprint density at radius 2 is 2.20 bits per heavy atom. The first kappa shape index (κ1) is 11.4. The van der Waals surface area contributed by atoms with Gasteiger partial charge in [0.1, 0.15) is 6.04 Å². The standard InChI is InChI=1S/C8H7ClN2O4/c9-6-2-1-4(11(14)15)3-5(6)7(10)8(12)13/h1-3,7H,10H2,(H,12,13)/t7-/m0/s1. The fourth-order valence-corrected chi connectivity index (χ4v) is 1.25. The molecule has 1 aromatic carbocycles. The fraction of sp³-hybridized carbons (Fsp3) is 0.125. The molecule has 3 N–H and O–H groups in total. The average molecular weight is 231 g/mol. The number of nitrogens with two attached hydrogens (primary N) is 1.